The van der Waals surface area contributed by atoms with Crippen LogP contribution in [-0.4, -0.2) is 12.1 Å². The monoisotopic (exact) mass is 247 g/mol. The van der Waals surface area contributed by atoms with Crippen molar-refractivity contribution in [3.05, 3.63) is 35.9 Å². The fraction of sp³-hybridized carbons (Fsp3) is 0.273. The van der Waals surface area contributed by atoms with Gasteiger partial charge in [0.15, 0.2) is 0 Å². The van der Waals surface area contributed by atoms with Gasteiger partial charge in [-0.15, -0.1) is 0 Å². The Balaban J connectivity index is 2.71. The summed E-state index contributed by atoms with van der Waals surface area (Å²) in [6.45, 7) is 0.535. The Morgan fingerprint density at radius 1 is 1.31 bits per heavy atom. The molecular weight excluding hydrogens is 235 g/mol. The van der Waals surface area contributed by atoms with Gasteiger partial charge in [0.2, 0.25) is 0 Å². The molecule has 1 aromatic carbocycles. The first kappa shape index (κ1) is 13.1. The molecule has 1 rings (SSSR count). The van der Waals surface area contributed by atoms with E-state index in [0.717, 1.165) is 12.0 Å². The lowest BCUT2D eigenvalue weighted by atomic mass is 10.2. The topological polar surface area (TPSA) is 26.0 Å². The first-order valence-electron chi connectivity index (χ1n) is 4.74. The van der Waals surface area contributed by atoms with E-state index >= 15 is 0 Å². The van der Waals surface area contributed by atoms with Crippen LogP contribution >= 0.6 is 11.8 Å². The van der Waals surface area contributed by atoms with E-state index in [-0.39, 0.29) is 16.7 Å². The molecule has 88 valence electrons. The highest BCUT2D eigenvalue weighted by atomic mass is 32.2. The molecule has 0 fully saturated rings. The molecule has 5 heteroatoms. The van der Waals surface area contributed by atoms with Crippen molar-refractivity contribution in [1.82, 2.24) is 0 Å². The molecule has 0 bridgehead atoms. The smallest absolute Gasteiger partial charge is 0.330 e. The van der Waals surface area contributed by atoms with Gasteiger partial charge >= 0.3 is 5.51 Å². The van der Waals surface area contributed by atoms with Crippen molar-refractivity contribution in [1.29, 1.82) is 0 Å². The van der Waals surface area contributed by atoms with Crippen molar-refractivity contribution in [2.45, 2.75) is 16.8 Å². The summed E-state index contributed by atoms with van der Waals surface area (Å²) in [5, 5.41) is 0. The third kappa shape index (κ3) is 5.23. The van der Waals surface area contributed by atoms with Crippen LogP contribution < -0.4 is 5.73 Å². The normalized spacial score (nSPS) is 12.2. The van der Waals surface area contributed by atoms with Crippen LogP contribution in [0.4, 0.5) is 13.2 Å². The average Bonchev–Trinajstić information content (AvgIpc) is 2.16. The average molecular weight is 247 g/mol. The number of hydrogen-bond donors (Lipinski definition) is 1. The van der Waals surface area contributed by atoms with E-state index in [1.165, 1.54) is 12.1 Å². The van der Waals surface area contributed by atoms with Gasteiger partial charge in [-0.2, -0.15) is 13.2 Å². The second-order valence-corrected chi connectivity index (χ2v) is 4.24. The summed E-state index contributed by atoms with van der Waals surface area (Å²) < 4.78 is 36.3. The van der Waals surface area contributed by atoms with Crippen LogP contribution in [0.25, 0.3) is 6.08 Å². The van der Waals surface area contributed by atoms with Crippen molar-refractivity contribution in [2.75, 3.05) is 6.54 Å². The van der Waals surface area contributed by atoms with E-state index in [1.54, 1.807) is 18.2 Å². The van der Waals surface area contributed by atoms with Crippen molar-refractivity contribution < 1.29 is 13.2 Å². The van der Waals surface area contributed by atoms with Gasteiger partial charge in [-0.05, 0) is 42.4 Å². The molecule has 0 saturated carbocycles. The highest BCUT2D eigenvalue weighted by molar-refractivity contribution is 8.00. The fourth-order valence-corrected chi connectivity index (χ4v) is 1.74. The van der Waals surface area contributed by atoms with E-state index in [2.05, 4.69) is 0 Å². The molecule has 0 spiro atoms. The molecule has 0 radical (unpaired) electrons. The zero-order chi connectivity index (χ0) is 12.0. The summed E-state index contributed by atoms with van der Waals surface area (Å²) in [5.41, 5.74) is 1.82. The third-order valence-corrected chi connectivity index (χ3v) is 2.46. The maximum atomic E-state index is 12.1. The van der Waals surface area contributed by atoms with Crippen molar-refractivity contribution in [3.63, 3.8) is 0 Å². The molecule has 0 heterocycles. The molecule has 0 amide bonds. The Kier molecular flexibility index (Phi) is 4.89. The summed E-state index contributed by atoms with van der Waals surface area (Å²) >= 11 is -0.104. The quantitative estimate of drug-likeness (QED) is 0.822. The number of benzene rings is 1. The Bertz CT molecular complexity index is 360. The molecule has 0 aliphatic rings. The Morgan fingerprint density at radius 3 is 2.69 bits per heavy atom. The number of hydrogen-bond acceptors (Lipinski definition) is 2. The standard InChI is InChI=1S/C11H12F3NS/c12-11(13,14)16-10-6-3-5-9(8-10)4-1-2-7-15/h1,3-6,8H,2,7,15H2. The van der Waals surface area contributed by atoms with E-state index in [4.69, 9.17) is 5.73 Å². The lowest BCUT2D eigenvalue weighted by Crippen LogP contribution is -1.98. The summed E-state index contributed by atoms with van der Waals surface area (Å²) in [6.07, 6.45) is 4.33. The third-order valence-electron chi connectivity index (χ3n) is 1.74. The van der Waals surface area contributed by atoms with Gasteiger partial charge in [0, 0.05) is 4.90 Å². The first-order chi connectivity index (χ1) is 7.51. The lowest BCUT2D eigenvalue weighted by molar-refractivity contribution is -0.0328. The van der Waals surface area contributed by atoms with Crippen LogP contribution in [0.2, 0.25) is 0 Å². The van der Waals surface area contributed by atoms with Crippen molar-refractivity contribution >= 4 is 17.8 Å². The molecule has 0 aromatic heterocycles. The summed E-state index contributed by atoms with van der Waals surface area (Å²) in [7, 11) is 0. The fourth-order valence-electron chi connectivity index (χ4n) is 1.13. The summed E-state index contributed by atoms with van der Waals surface area (Å²) in [5.74, 6) is 0. The lowest BCUT2D eigenvalue weighted by Gasteiger charge is -2.05. The SMILES string of the molecule is NCCC=Cc1cccc(SC(F)(F)F)c1. The van der Waals surface area contributed by atoms with Crippen LogP contribution in [0.15, 0.2) is 35.2 Å². The van der Waals surface area contributed by atoms with Gasteiger partial charge in [0.1, 0.15) is 0 Å². The Labute approximate surface area is 96.5 Å². The minimum atomic E-state index is -4.24. The molecule has 0 aliphatic heterocycles. The maximum absolute atomic E-state index is 12.1. The van der Waals surface area contributed by atoms with Crippen LogP contribution in [0.3, 0.4) is 0 Å². The van der Waals surface area contributed by atoms with Crippen LogP contribution in [-0.2, 0) is 0 Å². The second kappa shape index (κ2) is 5.96. The van der Waals surface area contributed by atoms with Crippen LogP contribution in [0.5, 0.6) is 0 Å². The van der Waals surface area contributed by atoms with Gasteiger partial charge in [-0.1, -0.05) is 24.3 Å². The number of nitrogens with two attached hydrogens (primary N) is 1. The molecule has 0 saturated heterocycles. The molecule has 16 heavy (non-hydrogen) atoms. The zero-order valence-electron chi connectivity index (χ0n) is 8.50. The van der Waals surface area contributed by atoms with Crippen LogP contribution in [0, 0.1) is 0 Å². The first-order valence-corrected chi connectivity index (χ1v) is 5.55. The summed E-state index contributed by atoms with van der Waals surface area (Å²) in [6, 6.07) is 6.31. The minimum absolute atomic E-state index is 0.104. The molecule has 1 nitrogen and oxygen atoms in total. The van der Waals surface area contributed by atoms with Crippen molar-refractivity contribution in [3.8, 4) is 0 Å². The zero-order valence-corrected chi connectivity index (χ0v) is 9.31. The molecular formula is C11H12F3NS. The number of halogens is 3. The molecule has 2 N–H and O–H groups in total. The number of rotatable bonds is 4. The molecule has 0 atom stereocenters. The Hall–Kier alpha value is -0.940. The van der Waals surface area contributed by atoms with Gasteiger partial charge < -0.3 is 5.73 Å². The second-order valence-electron chi connectivity index (χ2n) is 3.10. The molecule has 1 aromatic rings. The van der Waals surface area contributed by atoms with Crippen molar-refractivity contribution in [2.24, 2.45) is 5.73 Å². The van der Waals surface area contributed by atoms with Gasteiger partial charge in [-0.3, -0.25) is 0 Å². The van der Waals surface area contributed by atoms with Crippen LogP contribution in [0.1, 0.15) is 12.0 Å². The van der Waals surface area contributed by atoms with Gasteiger partial charge in [-0.25, -0.2) is 0 Å². The predicted octanol–water partition coefficient (Wildman–Crippen LogP) is 3.66. The molecule has 0 aliphatic carbocycles. The largest absolute Gasteiger partial charge is 0.446 e. The minimum Gasteiger partial charge on any atom is -0.330 e. The highest BCUT2D eigenvalue weighted by Gasteiger charge is 2.28. The summed E-state index contributed by atoms with van der Waals surface area (Å²) in [4.78, 5) is 0.197. The molecule has 0 unspecified atom stereocenters. The predicted molar refractivity (Wildman–Crippen MR) is 61.1 cm³/mol. The van der Waals surface area contributed by atoms with E-state index < -0.39 is 5.51 Å². The maximum Gasteiger partial charge on any atom is 0.446 e. The van der Waals surface area contributed by atoms with Gasteiger partial charge in [0.25, 0.3) is 0 Å². The van der Waals surface area contributed by atoms with Gasteiger partial charge in [0.05, 0.1) is 0 Å². The highest BCUT2D eigenvalue weighted by Crippen LogP contribution is 2.36. The Morgan fingerprint density at radius 2 is 2.06 bits per heavy atom. The van der Waals surface area contributed by atoms with E-state index in [0.29, 0.717) is 6.54 Å². The van der Waals surface area contributed by atoms with E-state index in [9.17, 15) is 13.2 Å². The number of alkyl halides is 3. The van der Waals surface area contributed by atoms with E-state index in [1.807, 2.05) is 6.08 Å². The number of thioether (sulfide) groups is 1.